The van der Waals surface area contributed by atoms with Crippen molar-refractivity contribution in [1.29, 1.82) is 0 Å². The molecule has 0 saturated heterocycles. The summed E-state index contributed by atoms with van der Waals surface area (Å²) in [6, 6.07) is 15.6. The molecule has 3 rings (SSSR count). The van der Waals surface area contributed by atoms with Crippen molar-refractivity contribution in [2.45, 2.75) is 33.6 Å². The van der Waals surface area contributed by atoms with E-state index in [2.05, 4.69) is 75.4 Å². The Morgan fingerprint density at radius 1 is 0.857 bits per heavy atom. The normalized spacial score (nSPS) is 14.6. The lowest BCUT2D eigenvalue weighted by Crippen LogP contribution is -1.93. The summed E-state index contributed by atoms with van der Waals surface area (Å²) in [5.41, 5.74) is 9.55. The molecule has 0 spiro atoms. The monoisotopic (exact) mass is 274 g/mol. The summed E-state index contributed by atoms with van der Waals surface area (Å²) in [5.74, 6) is 0. The Balaban J connectivity index is 2.03. The van der Waals surface area contributed by atoms with Gasteiger partial charge >= 0.3 is 0 Å². The Hall–Kier alpha value is -2.08. The lowest BCUT2D eigenvalue weighted by Gasteiger charge is -2.15. The largest absolute Gasteiger partial charge is 0.0836 e. The molecule has 106 valence electrons. The first-order valence-electron chi connectivity index (χ1n) is 7.69. The number of allylic oxidation sites excluding steroid dienone is 4. The van der Waals surface area contributed by atoms with E-state index in [1.54, 1.807) is 0 Å². The van der Waals surface area contributed by atoms with Crippen molar-refractivity contribution in [1.82, 2.24) is 0 Å². The standard InChI is InChI=1S/C21H22/c1-15-7-6-9-18(13-15)21-12-11-19(14-17(21)3)20-10-5-4-8-16(20)2/h5-7,9-14H,4,8H2,1-3H3. The minimum Gasteiger partial charge on any atom is -0.0836 e. The van der Waals surface area contributed by atoms with Gasteiger partial charge in [-0.3, -0.25) is 0 Å². The number of benzene rings is 2. The zero-order valence-electron chi connectivity index (χ0n) is 13.1. The van der Waals surface area contributed by atoms with E-state index in [1.807, 2.05) is 0 Å². The van der Waals surface area contributed by atoms with Gasteiger partial charge in [0.05, 0.1) is 0 Å². The van der Waals surface area contributed by atoms with E-state index >= 15 is 0 Å². The van der Waals surface area contributed by atoms with Crippen LogP contribution in [0.4, 0.5) is 0 Å². The van der Waals surface area contributed by atoms with Crippen molar-refractivity contribution >= 4 is 5.57 Å². The van der Waals surface area contributed by atoms with E-state index in [9.17, 15) is 0 Å². The predicted octanol–water partition coefficient (Wildman–Crippen LogP) is 6.09. The molecule has 0 saturated carbocycles. The molecule has 0 aromatic heterocycles. The smallest absolute Gasteiger partial charge is 0.0154 e. The number of hydrogen-bond acceptors (Lipinski definition) is 0. The van der Waals surface area contributed by atoms with E-state index in [4.69, 9.17) is 0 Å². The molecule has 1 aliphatic carbocycles. The Kier molecular flexibility index (Phi) is 3.79. The molecular weight excluding hydrogens is 252 g/mol. The van der Waals surface area contributed by atoms with Crippen LogP contribution >= 0.6 is 0 Å². The third-order valence-corrected chi connectivity index (χ3v) is 4.30. The van der Waals surface area contributed by atoms with Crippen molar-refractivity contribution in [3.8, 4) is 11.1 Å². The van der Waals surface area contributed by atoms with Crippen LogP contribution in [-0.2, 0) is 0 Å². The highest BCUT2D eigenvalue weighted by atomic mass is 14.1. The van der Waals surface area contributed by atoms with Gasteiger partial charge in [0.2, 0.25) is 0 Å². The van der Waals surface area contributed by atoms with Crippen LogP contribution in [0.1, 0.15) is 36.5 Å². The van der Waals surface area contributed by atoms with Crippen molar-refractivity contribution in [2.75, 3.05) is 0 Å². The molecule has 0 heteroatoms. The summed E-state index contributed by atoms with van der Waals surface area (Å²) in [6.07, 6.45) is 6.92. The van der Waals surface area contributed by atoms with E-state index in [-0.39, 0.29) is 0 Å². The number of hydrogen-bond donors (Lipinski definition) is 0. The summed E-state index contributed by atoms with van der Waals surface area (Å²) in [6.45, 7) is 6.61. The topological polar surface area (TPSA) is 0 Å². The zero-order valence-corrected chi connectivity index (χ0v) is 13.1. The van der Waals surface area contributed by atoms with Crippen LogP contribution in [0, 0.1) is 13.8 Å². The van der Waals surface area contributed by atoms with Crippen LogP contribution in [0.5, 0.6) is 0 Å². The molecule has 0 bridgehead atoms. The highest BCUT2D eigenvalue weighted by Gasteiger charge is 2.09. The fourth-order valence-electron chi connectivity index (χ4n) is 3.09. The van der Waals surface area contributed by atoms with Crippen LogP contribution in [0.3, 0.4) is 0 Å². The van der Waals surface area contributed by atoms with Gasteiger partial charge in [0.15, 0.2) is 0 Å². The van der Waals surface area contributed by atoms with Crippen LogP contribution in [0.15, 0.2) is 60.2 Å². The van der Waals surface area contributed by atoms with Crippen LogP contribution in [0.25, 0.3) is 16.7 Å². The third-order valence-electron chi connectivity index (χ3n) is 4.30. The van der Waals surface area contributed by atoms with E-state index in [0.29, 0.717) is 0 Å². The summed E-state index contributed by atoms with van der Waals surface area (Å²) < 4.78 is 0. The first-order valence-corrected chi connectivity index (χ1v) is 7.69. The molecular formula is C21H22. The fraction of sp³-hybridized carbons (Fsp3) is 0.238. The average molecular weight is 274 g/mol. The first kappa shape index (κ1) is 13.9. The molecule has 21 heavy (non-hydrogen) atoms. The van der Waals surface area contributed by atoms with Gasteiger partial charge in [-0.15, -0.1) is 0 Å². The van der Waals surface area contributed by atoms with Crippen molar-refractivity contribution < 1.29 is 0 Å². The lowest BCUT2D eigenvalue weighted by atomic mass is 9.90. The maximum Gasteiger partial charge on any atom is -0.0154 e. The minimum absolute atomic E-state index is 1.18. The second-order valence-corrected chi connectivity index (χ2v) is 6.03. The Labute approximate surface area is 127 Å². The second-order valence-electron chi connectivity index (χ2n) is 6.03. The predicted molar refractivity (Wildman–Crippen MR) is 92.3 cm³/mol. The molecule has 0 aliphatic heterocycles. The van der Waals surface area contributed by atoms with Gasteiger partial charge in [-0.1, -0.05) is 65.8 Å². The Morgan fingerprint density at radius 2 is 1.71 bits per heavy atom. The summed E-state index contributed by atoms with van der Waals surface area (Å²) in [5, 5.41) is 0. The SMILES string of the molecule is CC1=C(c2ccc(-c3cccc(C)c3)c(C)c2)C=CCC1. The van der Waals surface area contributed by atoms with Crippen LogP contribution in [-0.4, -0.2) is 0 Å². The van der Waals surface area contributed by atoms with Crippen molar-refractivity contribution in [3.05, 3.63) is 76.9 Å². The summed E-state index contributed by atoms with van der Waals surface area (Å²) in [7, 11) is 0. The van der Waals surface area contributed by atoms with Gasteiger partial charge in [0.25, 0.3) is 0 Å². The van der Waals surface area contributed by atoms with Gasteiger partial charge in [-0.25, -0.2) is 0 Å². The highest BCUT2D eigenvalue weighted by Crippen LogP contribution is 2.31. The Morgan fingerprint density at radius 3 is 2.43 bits per heavy atom. The maximum atomic E-state index is 2.33. The molecule has 0 unspecified atom stereocenters. The first-order chi connectivity index (χ1) is 10.1. The molecule has 0 heterocycles. The van der Waals surface area contributed by atoms with Crippen LogP contribution < -0.4 is 0 Å². The van der Waals surface area contributed by atoms with Crippen molar-refractivity contribution in [2.24, 2.45) is 0 Å². The zero-order chi connectivity index (χ0) is 14.8. The quantitative estimate of drug-likeness (QED) is 0.621. The van der Waals surface area contributed by atoms with Gasteiger partial charge < -0.3 is 0 Å². The van der Waals surface area contributed by atoms with E-state index < -0.39 is 0 Å². The number of aryl methyl sites for hydroxylation is 2. The van der Waals surface area contributed by atoms with Gasteiger partial charge in [-0.2, -0.15) is 0 Å². The molecule has 1 aliphatic rings. The molecule has 0 N–H and O–H groups in total. The molecule has 0 nitrogen and oxygen atoms in total. The molecule has 0 radical (unpaired) electrons. The van der Waals surface area contributed by atoms with E-state index in [0.717, 1.165) is 0 Å². The molecule has 2 aromatic rings. The maximum absolute atomic E-state index is 2.33. The molecule has 0 atom stereocenters. The number of rotatable bonds is 2. The lowest BCUT2D eigenvalue weighted by molar-refractivity contribution is 0.967. The minimum atomic E-state index is 1.18. The van der Waals surface area contributed by atoms with Crippen LogP contribution in [0.2, 0.25) is 0 Å². The average Bonchev–Trinajstić information content (AvgIpc) is 2.47. The Bertz CT molecular complexity index is 729. The fourth-order valence-corrected chi connectivity index (χ4v) is 3.09. The summed E-state index contributed by atoms with van der Waals surface area (Å²) >= 11 is 0. The highest BCUT2D eigenvalue weighted by molar-refractivity contribution is 5.80. The molecule has 0 fully saturated rings. The van der Waals surface area contributed by atoms with E-state index in [1.165, 1.54) is 51.8 Å². The second kappa shape index (κ2) is 5.73. The van der Waals surface area contributed by atoms with Gasteiger partial charge in [0, 0.05) is 0 Å². The summed E-state index contributed by atoms with van der Waals surface area (Å²) in [4.78, 5) is 0. The molecule has 0 amide bonds. The third kappa shape index (κ3) is 2.85. The van der Waals surface area contributed by atoms with Gasteiger partial charge in [-0.05, 0) is 61.4 Å². The molecule has 2 aromatic carbocycles. The van der Waals surface area contributed by atoms with Crippen molar-refractivity contribution in [3.63, 3.8) is 0 Å². The van der Waals surface area contributed by atoms with Gasteiger partial charge in [0.1, 0.15) is 0 Å².